The van der Waals surface area contributed by atoms with E-state index in [0.717, 1.165) is 16.8 Å². The first-order valence-corrected chi connectivity index (χ1v) is 9.56. The molecule has 142 valence electrons. The summed E-state index contributed by atoms with van der Waals surface area (Å²) in [6.07, 6.45) is 0.476. The standard InChI is InChI=1S/C20H17FN4O2S/c1-25-16-8-3-2-7-14(16)15(19(25)27)11-17(26)22-20-24-23-18(28-20)10-12-5-4-6-13(21)9-12/h2-9,15H,10-11H2,1H3,(H,22,24,26). The molecule has 28 heavy (non-hydrogen) atoms. The molecule has 0 fully saturated rings. The Hall–Kier alpha value is -3.13. The van der Waals surface area contributed by atoms with Crippen LogP contribution in [0.2, 0.25) is 0 Å². The number of carbonyl (C=O) groups is 2. The number of hydrogen-bond acceptors (Lipinski definition) is 5. The normalized spacial score (nSPS) is 15.6. The van der Waals surface area contributed by atoms with Crippen LogP contribution in [-0.4, -0.2) is 29.1 Å². The Labute approximate surface area is 165 Å². The highest BCUT2D eigenvalue weighted by Gasteiger charge is 2.36. The molecule has 1 atom stereocenters. The number of anilines is 2. The molecule has 0 saturated heterocycles. The summed E-state index contributed by atoms with van der Waals surface area (Å²) in [5.41, 5.74) is 2.47. The molecule has 4 rings (SSSR count). The van der Waals surface area contributed by atoms with E-state index in [-0.39, 0.29) is 24.1 Å². The molecule has 0 saturated carbocycles. The summed E-state index contributed by atoms with van der Waals surface area (Å²) in [7, 11) is 1.71. The summed E-state index contributed by atoms with van der Waals surface area (Å²) in [5, 5.41) is 11.8. The Kier molecular flexibility index (Phi) is 4.87. The Morgan fingerprint density at radius 1 is 1.21 bits per heavy atom. The van der Waals surface area contributed by atoms with Gasteiger partial charge in [0.1, 0.15) is 10.8 Å². The van der Waals surface area contributed by atoms with E-state index < -0.39 is 5.92 Å². The number of hydrogen-bond donors (Lipinski definition) is 1. The lowest BCUT2D eigenvalue weighted by molar-refractivity contribution is -0.123. The van der Waals surface area contributed by atoms with Crippen LogP contribution in [0.5, 0.6) is 0 Å². The summed E-state index contributed by atoms with van der Waals surface area (Å²) in [6, 6.07) is 13.7. The fraction of sp³-hybridized carbons (Fsp3) is 0.200. The van der Waals surface area contributed by atoms with Gasteiger partial charge in [-0.1, -0.05) is 41.7 Å². The van der Waals surface area contributed by atoms with Crippen LogP contribution >= 0.6 is 11.3 Å². The van der Waals surface area contributed by atoms with Gasteiger partial charge in [0, 0.05) is 25.6 Å². The number of rotatable bonds is 5. The third kappa shape index (κ3) is 3.63. The Balaban J connectivity index is 1.41. The van der Waals surface area contributed by atoms with Gasteiger partial charge in [-0.05, 0) is 29.3 Å². The summed E-state index contributed by atoms with van der Waals surface area (Å²) in [4.78, 5) is 26.5. The molecule has 8 heteroatoms. The second kappa shape index (κ2) is 7.47. The minimum atomic E-state index is -0.499. The van der Waals surface area contributed by atoms with E-state index >= 15 is 0 Å². The molecule has 1 N–H and O–H groups in total. The first kappa shape index (κ1) is 18.2. The van der Waals surface area contributed by atoms with Crippen molar-refractivity contribution >= 4 is 34.0 Å². The fourth-order valence-corrected chi connectivity index (χ4v) is 4.11. The largest absolute Gasteiger partial charge is 0.315 e. The molecule has 2 heterocycles. The van der Waals surface area contributed by atoms with E-state index in [9.17, 15) is 14.0 Å². The van der Waals surface area contributed by atoms with Gasteiger partial charge in [-0.2, -0.15) is 0 Å². The zero-order valence-electron chi connectivity index (χ0n) is 15.1. The first-order chi connectivity index (χ1) is 13.5. The maximum Gasteiger partial charge on any atom is 0.234 e. The molecule has 6 nitrogen and oxygen atoms in total. The quantitative estimate of drug-likeness (QED) is 0.718. The van der Waals surface area contributed by atoms with Gasteiger partial charge in [-0.3, -0.25) is 9.59 Å². The lowest BCUT2D eigenvalue weighted by Gasteiger charge is -2.10. The maximum atomic E-state index is 13.3. The van der Waals surface area contributed by atoms with Gasteiger partial charge in [-0.25, -0.2) is 4.39 Å². The van der Waals surface area contributed by atoms with Gasteiger partial charge in [0.05, 0.1) is 5.92 Å². The molecule has 2 amide bonds. The van der Waals surface area contributed by atoms with Crippen molar-refractivity contribution in [2.24, 2.45) is 0 Å². The number of fused-ring (bicyclic) bond motifs is 1. The monoisotopic (exact) mass is 396 g/mol. The van der Waals surface area contributed by atoms with Crippen molar-refractivity contribution in [3.05, 3.63) is 70.5 Å². The number of benzene rings is 2. The van der Waals surface area contributed by atoms with Crippen molar-refractivity contribution in [2.75, 3.05) is 17.3 Å². The van der Waals surface area contributed by atoms with E-state index in [2.05, 4.69) is 15.5 Å². The number of nitrogens with zero attached hydrogens (tertiary/aromatic N) is 3. The predicted octanol–water partition coefficient (Wildman–Crippen LogP) is 3.36. The van der Waals surface area contributed by atoms with E-state index in [0.29, 0.717) is 16.6 Å². The average Bonchev–Trinajstić information content (AvgIpc) is 3.20. The lowest BCUT2D eigenvalue weighted by atomic mass is 9.97. The fourth-order valence-electron chi connectivity index (χ4n) is 3.32. The van der Waals surface area contributed by atoms with Crippen LogP contribution in [-0.2, 0) is 16.0 Å². The number of amides is 2. The molecule has 2 aromatic carbocycles. The van der Waals surface area contributed by atoms with Crippen molar-refractivity contribution in [1.82, 2.24) is 10.2 Å². The van der Waals surface area contributed by atoms with E-state index in [1.807, 2.05) is 30.3 Å². The SMILES string of the molecule is CN1C(=O)C(CC(=O)Nc2nnc(Cc3cccc(F)c3)s2)c2ccccc21. The summed E-state index contributed by atoms with van der Waals surface area (Å²) >= 11 is 1.23. The molecule has 0 aliphatic carbocycles. The Morgan fingerprint density at radius 2 is 2.04 bits per heavy atom. The van der Waals surface area contributed by atoms with Crippen LogP contribution in [0.25, 0.3) is 0 Å². The third-order valence-corrected chi connectivity index (χ3v) is 5.49. The molecule has 1 aliphatic rings. The molecule has 0 radical (unpaired) electrons. The van der Waals surface area contributed by atoms with Crippen molar-refractivity contribution in [3.63, 3.8) is 0 Å². The molecule has 1 aliphatic heterocycles. The van der Waals surface area contributed by atoms with Gasteiger partial charge in [0.15, 0.2) is 0 Å². The van der Waals surface area contributed by atoms with Crippen molar-refractivity contribution < 1.29 is 14.0 Å². The molecule has 1 aromatic heterocycles. The maximum absolute atomic E-state index is 13.3. The second-order valence-corrected chi connectivity index (χ2v) is 7.63. The van der Waals surface area contributed by atoms with Crippen LogP contribution in [0.15, 0.2) is 48.5 Å². The van der Waals surface area contributed by atoms with Crippen molar-refractivity contribution in [2.45, 2.75) is 18.8 Å². The number of carbonyl (C=O) groups excluding carboxylic acids is 2. The van der Waals surface area contributed by atoms with Crippen LogP contribution in [0, 0.1) is 5.82 Å². The predicted molar refractivity (Wildman–Crippen MR) is 105 cm³/mol. The highest BCUT2D eigenvalue weighted by molar-refractivity contribution is 7.15. The first-order valence-electron chi connectivity index (χ1n) is 8.74. The van der Waals surface area contributed by atoms with Crippen LogP contribution < -0.4 is 10.2 Å². The Morgan fingerprint density at radius 3 is 2.86 bits per heavy atom. The average molecular weight is 396 g/mol. The second-order valence-electron chi connectivity index (χ2n) is 6.57. The number of para-hydroxylation sites is 1. The summed E-state index contributed by atoms with van der Waals surface area (Å²) < 4.78 is 13.3. The highest BCUT2D eigenvalue weighted by Crippen LogP contribution is 2.38. The van der Waals surface area contributed by atoms with Gasteiger partial charge in [-0.15, -0.1) is 10.2 Å². The topological polar surface area (TPSA) is 75.2 Å². The van der Waals surface area contributed by atoms with Gasteiger partial charge >= 0.3 is 0 Å². The lowest BCUT2D eigenvalue weighted by Crippen LogP contribution is -2.26. The number of halogens is 1. The van der Waals surface area contributed by atoms with Crippen LogP contribution in [0.1, 0.15) is 28.5 Å². The van der Waals surface area contributed by atoms with Crippen LogP contribution in [0.4, 0.5) is 15.2 Å². The van der Waals surface area contributed by atoms with E-state index in [1.165, 1.54) is 23.5 Å². The minimum absolute atomic E-state index is 0.0407. The highest BCUT2D eigenvalue weighted by atomic mass is 32.1. The summed E-state index contributed by atoms with van der Waals surface area (Å²) in [5.74, 6) is -1.19. The Bertz CT molecular complexity index is 1050. The van der Waals surface area contributed by atoms with Crippen molar-refractivity contribution in [3.8, 4) is 0 Å². The molecular weight excluding hydrogens is 379 g/mol. The number of aromatic nitrogens is 2. The zero-order chi connectivity index (χ0) is 19.7. The number of likely N-dealkylation sites (N-methyl/N-ethyl adjacent to an activating group) is 1. The molecule has 0 bridgehead atoms. The zero-order valence-corrected chi connectivity index (χ0v) is 15.9. The summed E-state index contributed by atoms with van der Waals surface area (Å²) in [6.45, 7) is 0. The van der Waals surface area contributed by atoms with Gasteiger partial charge < -0.3 is 10.2 Å². The molecular formula is C20H17FN4O2S. The molecule has 0 spiro atoms. The van der Waals surface area contributed by atoms with Crippen LogP contribution in [0.3, 0.4) is 0 Å². The van der Waals surface area contributed by atoms with Crippen molar-refractivity contribution in [1.29, 1.82) is 0 Å². The smallest absolute Gasteiger partial charge is 0.234 e. The van der Waals surface area contributed by atoms with E-state index in [1.54, 1.807) is 18.0 Å². The van der Waals surface area contributed by atoms with Gasteiger partial charge in [0.2, 0.25) is 16.9 Å². The van der Waals surface area contributed by atoms with E-state index in [4.69, 9.17) is 0 Å². The molecule has 3 aromatic rings. The van der Waals surface area contributed by atoms with Gasteiger partial charge in [0.25, 0.3) is 0 Å². The third-order valence-electron chi connectivity index (χ3n) is 4.65. The minimum Gasteiger partial charge on any atom is -0.315 e. The molecule has 1 unspecified atom stereocenters. The number of nitrogens with one attached hydrogen (secondary N) is 1.